The van der Waals surface area contributed by atoms with Gasteiger partial charge in [-0.2, -0.15) is 0 Å². The molecule has 5 nitrogen and oxygen atoms in total. The standard InChI is InChI=1S/C21H26N4O/c1-20(2,3)15-8-10-16(11-9-15)21(23)19(22)18(24-13-25-21)14-6-5-7-17(12-14)26-4/h5-13H,22-23H2,1-4H3,(H,24,25). The number of aliphatic imine (C=N–C) groups is 1. The Labute approximate surface area is 154 Å². The lowest BCUT2D eigenvalue weighted by atomic mass is 9.85. The van der Waals surface area contributed by atoms with E-state index in [0.717, 1.165) is 22.6 Å². The second-order valence-electron chi connectivity index (χ2n) is 7.52. The van der Waals surface area contributed by atoms with Gasteiger partial charge < -0.3 is 15.8 Å². The average molecular weight is 350 g/mol. The molecule has 1 atom stereocenters. The molecule has 2 aromatic rings. The summed E-state index contributed by atoms with van der Waals surface area (Å²) >= 11 is 0. The molecular weight excluding hydrogens is 324 g/mol. The highest BCUT2D eigenvalue weighted by Gasteiger charge is 2.34. The number of benzene rings is 2. The van der Waals surface area contributed by atoms with E-state index in [9.17, 15) is 0 Å². The molecule has 1 unspecified atom stereocenters. The molecule has 0 bridgehead atoms. The molecule has 136 valence electrons. The molecule has 0 aromatic heterocycles. The maximum absolute atomic E-state index is 6.63. The minimum atomic E-state index is -1.11. The van der Waals surface area contributed by atoms with E-state index < -0.39 is 5.66 Å². The van der Waals surface area contributed by atoms with Crippen LogP contribution in [0.3, 0.4) is 0 Å². The Balaban J connectivity index is 2.04. The number of hydrogen-bond acceptors (Lipinski definition) is 5. The predicted octanol–water partition coefficient (Wildman–Crippen LogP) is 3.06. The van der Waals surface area contributed by atoms with Crippen molar-refractivity contribution in [1.29, 1.82) is 0 Å². The third-order valence-electron chi connectivity index (χ3n) is 4.71. The van der Waals surface area contributed by atoms with Crippen molar-refractivity contribution in [2.75, 3.05) is 7.11 Å². The van der Waals surface area contributed by atoms with E-state index in [1.165, 1.54) is 5.56 Å². The fraction of sp³-hybridized carbons (Fsp3) is 0.286. The first-order valence-corrected chi connectivity index (χ1v) is 8.60. The molecule has 0 aliphatic carbocycles. The van der Waals surface area contributed by atoms with Gasteiger partial charge in [-0.05, 0) is 23.1 Å². The van der Waals surface area contributed by atoms with Gasteiger partial charge >= 0.3 is 0 Å². The van der Waals surface area contributed by atoms with Crippen LogP contribution in [0, 0.1) is 0 Å². The van der Waals surface area contributed by atoms with Crippen LogP contribution in [0.5, 0.6) is 5.75 Å². The molecule has 0 spiro atoms. The summed E-state index contributed by atoms with van der Waals surface area (Å²) in [6, 6.07) is 15.8. The van der Waals surface area contributed by atoms with Crippen molar-refractivity contribution in [2.45, 2.75) is 31.8 Å². The van der Waals surface area contributed by atoms with Gasteiger partial charge in [0.15, 0.2) is 5.66 Å². The van der Waals surface area contributed by atoms with Gasteiger partial charge in [0.1, 0.15) is 5.75 Å². The van der Waals surface area contributed by atoms with E-state index in [1.54, 1.807) is 13.4 Å². The number of hydrogen-bond donors (Lipinski definition) is 3. The zero-order valence-electron chi connectivity index (χ0n) is 15.7. The van der Waals surface area contributed by atoms with Crippen LogP contribution in [0.15, 0.2) is 59.2 Å². The summed E-state index contributed by atoms with van der Waals surface area (Å²) in [4.78, 5) is 4.45. The Kier molecular flexibility index (Phi) is 4.50. The maximum Gasteiger partial charge on any atom is 0.177 e. The first-order valence-electron chi connectivity index (χ1n) is 8.60. The SMILES string of the molecule is COc1cccc(C2=C(N)C(N)(c3ccc(C(C)(C)C)cc3)N=CN2)c1. The summed E-state index contributed by atoms with van der Waals surface area (Å²) in [5.41, 5.74) is 16.3. The molecule has 5 N–H and O–H groups in total. The normalized spacial score (nSPS) is 20.0. The van der Waals surface area contributed by atoms with Gasteiger partial charge in [0.2, 0.25) is 0 Å². The summed E-state index contributed by atoms with van der Waals surface area (Å²) in [7, 11) is 1.64. The summed E-state index contributed by atoms with van der Waals surface area (Å²) in [5, 5.41) is 3.12. The number of nitrogens with one attached hydrogen (secondary N) is 1. The molecule has 1 heterocycles. The van der Waals surface area contributed by atoms with Crippen LogP contribution in [-0.2, 0) is 11.1 Å². The molecule has 5 heteroatoms. The number of rotatable bonds is 3. The predicted molar refractivity (Wildman–Crippen MR) is 107 cm³/mol. The van der Waals surface area contributed by atoms with Crippen molar-refractivity contribution < 1.29 is 4.74 Å². The van der Waals surface area contributed by atoms with E-state index in [-0.39, 0.29) is 5.41 Å². The van der Waals surface area contributed by atoms with Crippen LogP contribution in [0.1, 0.15) is 37.5 Å². The Bertz CT molecular complexity index is 862. The Morgan fingerprint density at radius 3 is 2.38 bits per heavy atom. The summed E-state index contributed by atoms with van der Waals surface area (Å²) in [5.74, 6) is 0.754. The Morgan fingerprint density at radius 1 is 1.08 bits per heavy atom. The number of ether oxygens (including phenoxy) is 1. The van der Waals surface area contributed by atoms with Gasteiger partial charge in [0.25, 0.3) is 0 Å². The lowest BCUT2D eigenvalue weighted by molar-refractivity contribution is 0.414. The zero-order valence-corrected chi connectivity index (χ0v) is 15.7. The highest BCUT2D eigenvalue weighted by Crippen LogP contribution is 2.33. The monoisotopic (exact) mass is 350 g/mol. The van der Waals surface area contributed by atoms with Crippen LogP contribution < -0.4 is 21.5 Å². The van der Waals surface area contributed by atoms with Crippen LogP contribution >= 0.6 is 0 Å². The molecule has 0 saturated heterocycles. The van der Waals surface area contributed by atoms with Crippen molar-refractivity contribution in [1.82, 2.24) is 5.32 Å². The molecule has 1 aliphatic rings. The van der Waals surface area contributed by atoms with Crippen molar-refractivity contribution in [3.05, 3.63) is 70.9 Å². The fourth-order valence-electron chi connectivity index (χ4n) is 3.01. The third-order valence-corrected chi connectivity index (χ3v) is 4.71. The van der Waals surface area contributed by atoms with E-state index in [4.69, 9.17) is 16.2 Å². The molecule has 1 aliphatic heterocycles. The molecular formula is C21H26N4O. The molecule has 2 aromatic carbocycles. The minimum Gasteiger partial charge on any atom is -0.497 e. The third kappa shape index (κ3) is 3.18. The topological polar surface area (TPSA) is 85.7 Å². The Hall–Kier alpha value is -2.79. The average Bonchev–Trinajstić information content (AvgIpc) is 2.63. The summed E-state index contributed by atoms with van der Waals surface area (Å²) < 4.78 is 5.31. The first kappa shape index (κ1) is 18.0. The highest BCUT2D eigenvalue weighted by molar-refractivity contribution is 5.82. The molecule has 0 radical (unpaired) electrons. The molecule has 0 amide bonds. The molecule has 0 saturated carbocycles. The molecule has 3 rings (SSSR count). The van der Waals surface area contributed by atoms with Gasteiger partial charge in [-0.15, -0.1) is 0 Å². The lowest BCUT2D eigenvalue weighted by Crippen LogP contribution is -2.45. The van der Waals surface area contributed by atoms with E-state index in [2.05, 4.69) is 43.2 Å². The van der Waals surface area contributed by atoms with Gasteiger partial charge in [0.05, 0.1) is 24.8 Å². The van der Waals surface area contributed by atoms with Crippen molar-refractivity contribution in [2.24, 2.45) is 16.5 Å². The van der Waals surface area contributed by atoms with E-state index >= 15 is 0 Å². The van der Waals surface area contributed by atoms with Gasteiger partial charge in [-0.25, -0.2) is 4.99 Å². The summed E-state index contributed by atoms with van der Waals surface area (Å²) in [6.45, 7) is 6.54. The fourth-order valence-corrected chi connectivity index (χ4v) is 3.01. The van der Waals surface area contributed by atoms with Gasteiger partial charge in [-0.1, -0.05) is 57.2 Å². The van der Waals surface area contributed by atoms with E-state index in [0.29, 0.717) is 5.70 Å². The lowest BCUT2D eigenvalue weighted by Gasteiger charge is -2.32. The number of methoxy groups -OCH3 is 1. The zero-order chi connectivity index (χ0) is 18.9. The molecule has 26 heavy (non-hydrogen) atoms. The summed E-state index contributed by atoms with van der Waals surface area (Å²) in [6.07, 6.45) is 1.60. The van der Waals surface area contributed by atoms with Crippen LogP contribution in [-0.4, -0.2) is 13.4 Å². The number of nitrogens with two attached hydrogens (primary N) is 2. The van der Waals surface area contributed by atoms with Crippen molar-refractivity contribution >= 4 is 12.0 Å². The highest BCUT2D eigenvalue weighted by atomic mass is 16.5. The quantitative estimate of drug-likeness (QED) is 0.794. The van der Waals surface area contributed by atoms with Gasteiger partial charge in [-0.3, -0.25) is 5.73 Å². The maximum atomic E-state index is 6.63. The van der Waals surface area contributed by atoms with E-state index in [1.807, 2.05) is 36.4 Å². The van der Waals surface area contributed by atoms with Crippen molar-refractivity contribution in [3.8, 4) is 5.75 Å². The second kappa shape index (κ2) is 6.50. The smallest absolute Gasteiger partial charge is 0.177 e. The first-order chi connectivity index (χ1) is 12.3. The van der Waals surface area contributed by atoms with Crippen molar-refractivity contribution in [3.63, 3.8) is 0 Å². The number of nitrogens with zero attached hydrogens (tertiary/aromatic N) is 1. The van der Waals surface area contributed by atoms with Gasteiger partial charge in [0, 0.05) is 11.1 Å². The van der Waals surface area contributed by atoms with Crippen LogP contribution in [0.2, 0.25) is 0 Å². The largest absolute Gasteiger partial charge is 0.497 e. The van der Waals surface area contributed by atoms with Crippen LogP contribution in [0.25, 0.3) is 5.70 Å². The van der Waals surface area contributed by atoms with Crippen LogP contribution in [0.4, 0.5) is 0 Å². The Morgan fingerprint density at radius 2 is 1.77 bits per heavy atom. The molecule has 0 fully saturated rings. The minimum absolute atomic E-state index is 0.0742. The second-order valence-corrected chi connectivity index (χ2v) is 7.52.